The van der Waals surface area contributed by atoms with Crippen molar-refractivity contribution in [2.24, 2.45) is 0 Å². The van der Waals surface area contributed by atoms with Crippen LogP contribution in [0.15, 0.2) is 91.0 Å². The zero-order valence-corrected chi connectivity index (χ0v) is 21.0. The zero-order valence-electron chi connectivity index (χ0n) is 15.2. The Balaban J connectivity index is 0.00000225. The molecule has 1 nitrogen and oxygen atoms in total. The molecule has 0 aliphatic rings. The average molecular weight is 419 g/mol. The Morgan fingerprint density at radius 2 is 1.00 bits per heavy atom. The van der Waals surface area contributed by atoms with Crippen molar-refractivity contribution in [2.45, 2.75) is 6.42 Å². The van der Waals surface area contributed by atoms with Gasteiger partial charge in [-0.15, -0.1) is 6.54 Å². The predicted octanol–water partition coefficient (Wildman–Crippen LogP) is 1.38. The molecule has 3 aromatic carbocycles. The monoisotopic (exact) mass is 418 g/mol. The summed E-state index contributed by atoms with van der Waals surface area (Å²) in [6, 6.07) is 33.1. The van der Waals surface area contributed by atoms with Crippen LogP contribution in [0.4, 0.5) is 0 Å². The van der Waals surface area contributed by atoms with Gasteiger partial charge in [0, 0.05) is 0 Å². The van der Waals surface area contributed by atoms with Crippen molar-refractivity contribution in [3.8, 4) is 0 Å². The van der Waals surface area contributed by atoms with Crippen LogP contribution in [-0.4, -0.2) is 19.8 Å². The fourth-order valence-corrected chi connectivity index (χ4v) is 7.68. The first kappa shape index (κ1) is 21.2. The van der Waals surface area contributed by atoms with Gasteiger partial charge in [-0.2, -0.15) is 7.05 Å². The van der Waals surface area contributed by atoms with Crippen molar-refractivity contribution in [3.63, 3.8) is 0 Å². The number of hydrogen-bond donors (Lipinski definition) is 0. The molecule has 0 amide bonds. The number of rotatable bonds is 7. The van der Waals surface area contributed by atoms with Crippen molar-refractivity contribution >= 4 is 23.2 Å². The molecule has 0 saturated heterocycles. The van der Waals surface area contributed by atoms with Gasteiger partial charge in [0.25, 0.3) is 0 Å². The van der Waals surface area contributed by atoms with Gasteiger partial charge >= 0.3 is 58.2 Å². The summed E-state index contributed by atoms with van der Waals surface area (Å²) in [5.74, 6) is 0. The Morgan fingerprint density at radius 1 is 0.640 bits per heavy atom. The fraction of sp³-hybridized carbons (Fsp3) is 0.182. The summed E-state index contributed by atoms with van der Waals surface area (Å²) in [6.07, 6.45) is 2.27. The Kier molecular flexibility index (Phi) is 9.20. The smallest absolute Gasteiger partial charge is 0.665 e. The number of benzene rings is 3. The van der Waals surface area contributed by atoms with Crippen LogP contribution in [-0.2, 0) is 0 Å². The van der Waals surface area contributed by atoms with Gasteiger partial charge < -0.3 is 5.32 Å². The summed E-state index contributed by atoms with van der Waals surface area (Å²) in [5.41, 5.74) is 0. The number of nitrogens with zero attached hydrogens (tertiary/aromatic N) is 1. The van der Waals surface area contributed by atoms with Gasteiger partial charge in [-0.1, -0.05) is 54.6 Å². The van der Waals surface area contributed by atoms with E-state index in [0.29, 0.717) is 0 Å². The molecule has 0 unspecified atom stereocenters. The molecule has 0 saturated carbocycles. The quantitative estimate of drug-likeness (QED) is 0.406. The van der Waals surface area contributed by atoms with Gasteiger partial charge in [0.2, 0.25) is 0 Å². The molecule has 122 valence electrons. The molecule has 0 radical (unpaired) electrons. The molecule has 3 heteroatoms. The van der Waals surface area contributed by atoms with Gasteiger partial charge in [0.05, 0.1) is 6.16 Å². The average Bonchev–Trinajstić information content (AvgIpc) is 2.68. The van der Waals surface area contributed by atoms with E-state index in [1.165, 1.54) is 15.9 Å². The van der Waals surface area contributed by atoms with Crippen LogP contribution >= 0.6 is 7.26 Å². The van der Waals surface area contributed by atoms with Crippen molar-refractivity contribution < 1.29 is 58.2 Å². The predicted molar refractivity (Wildman–Crippen MR) is 109 cm³/mol. The van der Waals surface area contributed by atoms with Crippen molar-refractivity contribution in [3.05, 3.63) is 96.3 Å². The topological polar surface area (TPSA) is 14.1 Å². The van der Waals surface area contributed by atoms with Crippen LogP contribution < -0.4 is 74.1 Å². The third-order valence-electron chi connectivity index (χ3n) is 4.47. The van der Waals surface area contributed by atoms with Crippen LogP contribution in [0.2, 0.25) is 0 Å². The molecule has 3 rings (SSSR count). The normalized spacial score (nSPS) is 10.9. The Labute approximate surface area is 201 Å². The molecule has 0 atom stereocenters. The number of hydrogen-bond acceptors (Lipinski definition) is 0. The molecule has 3 aromatic rings. The van der Waals surface area contributed by atoms with Gasteiger partial charge in [0.15, 0.2) is 0 Å². The van der Waals surface area contributed by atoms with Crippen LogP contribution in [0.3, 0.4) is 0 Å². The molecule has 0 spiro atoms. The van der Waals surface area contributed by atoms with Crippen LogP contribution in [0.1, 0.15) is 6.42 Å². The van der Waals surface area contributed by atoms with Crippen molar-refractivity contribution in [2.75, 3.05) is 19.8 Å². The molecule has 0 aromatic heterocycles. The van der Waals surface area contributed by atoms with E-state index in [0.717, 1.165) is 19.1 Å². The first-order valence-corrected chi connectivity index (χ1v) is 10.5. The third-order valence-corrected chi connectivity index (χ3v) is 8.99. The van der Waals surface area contributed by atoms with E-state index < -0.39 is 7.26 Å². The van der Waals surface area contributed by atoms with Crippen LogP contribution in [0.5, 0.6) is 0 Å². The molecule has 0 fully saturated rings. The molecule has 0 bridgehead atoms. The third kappa shape index (κ3) is 4.98. The fourth-order valence-electron chi connectivity index (χ4n) is 3.35. The molecule has 0 aliphatic heterocycles. The second-order valence-corrected chi connectivity index (χ2v) is 9.55. The maximum absolute atomic E-state index is 4.34. The van der Waals surface area contributed by atoms with Gasteiger partial charge in [-0.25, -0.2) is 0 Å². The molecule has 0 heterocycles. The summed E-state index contributed by atoms with van der Waals surface area (Å²) < 4.78 is 0. The van der Waals surface area contributed by atoms with Gasteiger partial charge in [0.1, 0.15) is 23.2 Å². The van der Waals surface area contributed by atoms with E-state index in [9.17, 15) is 0 Å². The summed E-state index contributed by atoms with van der Waals surface area (Å²) >= 11 is 0. The summed E-state index contributed by atoms with van der Waals surface area (Å²) in [7, 11) is 0.267. The first-order valence-electron chi connectivity index (χ1n) is 8.48. The van der Waals surface area contributed by atoms with Gasteiger partial charge in [-0.3, -0.25) is 0 Å². The molecule has 0 aliphatic carbocycles. The standard InChI is InChI=1S/C22H24NP.Rb/c1-23-18-11-19-24(20-12-5-2-6-13-20,21-14-7-3-8-15-21)22-16-9-4-10-17-22;/h2-10,12-17H,11,18-19H2,1H3;/q;+1. The van der Waals surface area contributed by atoms with E-state index in [4.69, 9.17) is 0 Å². The van der Waals surface area contributed by atoms with Crippen LogP contribution in [0, 0.1) is 0 Å². The van der Waals surface area contributed by atoms with Crippen molar-refractivity contribution in [1.29, 1.82) is 0 Å². The van der Waals surface area contributed by atoms with E-state index >= 15 is 0 Å². The van der Waals surface area contributed by atoms with Crippen LogP contribution in [0.25, 0.3) is 5.32 Å². The largest absolute Gasteiger partial charge is 1.00 e. The van der Waals surface area contributed by atoms with Crippen molar-refractivity contribution in [1.82, 2.24) is 0 Å². The molecule has 0 N–H and O–H groups in total. The zero-order chi connectivity index (χ0) is 16.7. The summed E-state index contributed by atoms with van der Waals surface area (Å²) in [5, 5.41) is 8.71. The van der Waals surface area contributed by atoms with E-state index in [1.54, 1.807) is 0 Å². The minimum atomic E-state index is -1.64. The molecule has 25 heavy (non-hydrogen) atoms. The van der Waals surface area contributed by atoms with E-state index in [2.05, 4.69) is 96.3 Å². The summed E-state index contributed by atoms with van der Waals surface area (Å²) in [4.78, 5) is 0. The second kappa shape index (κ2) is 10.9. The maximum atomic E-state index is 4.34. The van der Waals surface area contributed by atoms with E-state index in [-0.39, 0.29) is 58.2 Å². The second-order valence-electron chi connectivity index (χ2n) is 5.93. The molecular weight excluding hydrogens is 395 g/mol. The minimum Gasteiger partial charge on any atom is -0.665 e. The Morgan fingerprint density at radius 3 is 1.32 bits per heavy atom. The first-order chi connectivity index (χ1) is 11.9. The Hall–Kier alpha value is -0.145. The SMILES string of the molecule is C[N-]CCC[P+](c1ccccc1)(c1ccccc1)c1ccccc1.[Rb+]. The van der Waals surface area contributed by atoms with Gasteiger partial charge in [-0.05, 0) is 42.8 Å². The maximum Gasteiger partial charge on any atom is 1.00 e. The molecular formula is C22H24NPRb+. The van der Waals surface area contributed by atoms with E-state index in [1.807, 2.05) is 7.05 Å². The minimum absolute atomic E-state index is 0. The summed E-state index contributed by atoms with van der Waals surface area (Å²) in [6.45, 7) is 0.925. The Bertz CT molecular complexity index is 635.